The number of nitroso groups, excluding NO2 is 1. The summed E-state index contributed by atoms with van der Waals surface area (Å²) in [5.41, 5.74) is 3.11. The molecule has 0 aliphatic rings. The Morgan fingerprint density at radius 2 is 1.93 bits per heavy atom. The summed E-state index contributed by atoms with van der Waals surface area (Å²) in [7, 11) is 0. The van der Waals surface area contributed by atoms with Crippen molar-refractivity contribution in [3.05, 3.63) is 46.9 Å². The summed E-state index contributed by atoms with van der Waals surface area (Å²) in [5, 5.41) is 2.35. The first-order valence-electron chi connectivity index (χ1n) is 4.74. The van der Waals surface area contributed by atoms with Crippen LogP contribution in [0.1, 0.15) is 24.5 Å². The van der Waals surface area contributed by atoms with Crippen LogP contribution in [0.2, 0.25) is 0 Å². The summed E-state index contributed by atoms with van der Waals surface area (Å²) in [4.78, 5) is 20.5. The highest BCUT2D eigenvalue weighted by molar-refractivity contribution is 5.76. The normalized spacial score (nSPS) is 9.67. The molecule has 0 atom stereocenters. The van der Waals surface area contributed by atoms with Crippen LogP contribution in [0.3, 0.4) is 0 Å². The van der Waals surface area contributed by atoms with Crippen molar-refractivity contribution in [1.82, 2.24) is 0 Å². The smallest absolute Gasteiger partial charge is 0.269 e. The predicted octanol–water partition coefficient (Wildman–Crippen LogP) is 2.95. The van der Waals surface area contributed by atoms with E-state index in [4.69, 9.17) is 0 Å². The summed E-state index contributed by atoms with van der Waals surface area (Å²) >= 11 is 0. The zero-order valence-electron chi connectivity index (χ0n) is 8.69. The Morgan fingerprint density at radius 1 is 1.33 bits per heavy atom. The molecule has 0 unspecified atom stereocenters. The lowest BCUT2D eigenvalue weighted by Gasteiger charge is -2.01. The minimum absolute atomic E-state index is 0.177. The summed E-state index contributed by atoms with van der Waals surface area (Å²) in [6.07, 6.45) is 0.733. The second kappa shape index (κ2) is 5.20. The van der Waals surface area contributed by atoms with Crippen LogP contribution in [-0.2, 0) is 11.2 Å². The second-order valence-corrected chi connectivity index (χ2v) is 3.46. The van der Waals surface area contributed by atoms with E-state index in [9.17, 15) is 9.70 Å². The van der Waals surface area contributed by atoms with Crippen molar-refractivity contribution in [2.75, 3.05) is 0 Å². The predicted molar refractivity (Wildman–Crippen MR) is 60.3 cm³/mol. The third kappa shape index (κ3) is 3.46. The topological polar surface area (TPSA) is 46.5 Å². The molecular formula is C12H13NO2. The first-order valence-corrected chi connectivity index (χ1v) is 4.74. The van der Waals surface area contributed by atoms with Gasteiger partial charge in [-0.1, -0.05) is 36.4 Å². The van der Waals surface area contributed by atoms with Crippen LogP contribution in [0.4, 0.5) is 0 Å². The van der Waals surface area contributed by atoms with Crippen LogP contribution in [-0.4, -0.2) is 5.91 Å². The molecule has 0 N–H and O–H groups in total. The number of carbonyl (C=O) groups excluding carboxylic acids is 1. The monoisotopic (exact) mass is 203 g/mol. The van der Waals surface area contributed by atoms with Crippen molar-refractivity contribution in [3.63, 3.8) is 0 Å². The Balaban J connectivity index is 2.60. The molecular weight excluding hydrogens is 190 g/mol. The summed E-state index contributed by atoms with van der Waals surface area (Å²) in [6.45, 7) is 5.77. The lowest BCUT2D eigenvalue weighted by Crippen LogP contribution is -1.95. The van der Waals surface area contributed by atoms with Gasteiger partial charge >= 0.3 is 0 Å². The van der Waals surface area contributed by atoms with Crippen LogP contribution in [0.15, 0.2) is 36.0 Å². The lowest BCUT2D eigenvalue weighted by molar-refractivity contribution is -0.117. The summed E-state index contributed by atoms with van der Waals surface area (Å²) in [6, 6.07) is 7.77. The Hall–Kier alpha value is -1.77. The lowest BCUT2D eigenvalue weighted by atomic mass is 10.0. The van der Waals surface area contributed by atoms with E-state index in [2.05, 4.69) is 11.8 Å². The SMILES string of the molecule is C=C(C)c1ccc(CCC(=O)N=O)cc1. The highest BCUT2D eigenvalue weighted by Gasteiger charge is 2.01. The Morgan fingerprint density at radius 3 is 2.40 bits per heavy atom. The molecule has 1 aromatic rings. The molecule has 0 aliphatic heterocycles. The number of hydrogen-bond donors (Lipinski definition) is 0. The molecule has 3 heteroatoms. The van der Waals surface area contributed by atoms with Gasteiger partial charge in [0.15, 0.2) is 0 Å². The van der Waals surface area contributed by atoms with E-state index in [-0.39, 0.29) is 6.42 Å². The quantitative estimate of drug-likeness (QED) is 0.706. The maximum atomic E-state index is 10.7. The molecule has 0 radical (unpaired) electrons. The average Bonchev–Trinajstić information content (AvgIpc) is 2.26. The van der Waals surface area contributed by atoms with E-state index >= 15 is 0 Å². The van der Waals surface area contributed by atoms with E-state index in [0.29, 0.717) is 6.42 Å². The number of allylic oxidation sites excluding steroid dienone is 1. The number of hydrogen-bond acceptors (Lipinski definition) is 2. The molecule has 1 amide bonds. The molecule has 0 saturated carbocycles. The Kier molecular flexibility index (Phi) is 3.92. The van der Waals surface area contributed by atoms with E-state index in [0.717, 1.165) is 16.7 Å². The third-order valence-electron chi connectivity index (χ3n) is 2.18. The van der Waals surface area contributed by atoms with Gasteiger partial charge in [-0.2, -0.15) is 0 Å². The Labute approximate surface area is 88.8 Å². The number of benzene rings is 1. The first kappa shape index (κ1) is 11.3. The zero-order valence-corrected chi connectivity index (χ0v) is 8.69. The third-order valence-corrected chi connectivity index (χ3v) is 2.18. The van der Waals surface area contributed by atoms with Crippen LogP contribution < -0.4 is 0 Å². The van der Waals surface area contributed by atoms with Gasteiger partial charge in [-0.3, -0.25) is 4.79 Å². The fraction of sp³-hybridized carbons (Fsp3) is 0.250. The maximum absolute atomic E-state index is 10.7. The zero-order chi connectivity index (χ0) is 11.3. The molecule has 1 aromatic carbocycles. The van der Waals surface area contributed by atoms with Crippen molar-refractivity contribution in [2.45, 2.75) is 19.8 Å². The van der Waals surface area contributed by atoms with Gasteiger partial charge in [0.2, 0.25) is 0 Å². The number of carbonyl (C=O) groups is 1. The summed E-state index contributed by atoms with van der Waals surface area (Å²) in [5.74, 6) is -0.598. The Bertz CT molecular complexity index is 379. The fourth-order valence-electron chi connectivity index (χ4n) is 1.25. The number of nitrogens with zero attached hydrogens (tertiary/aromatic N) is 1. The van der Waals surface area contributed by atoms with Crippen molar-refractivity contribution in [3.8, 4) is 0 Å². The van der Waals surface area contributed by atoms with Crippen molar-refractivity contribution in [1.29, 1.82) is 0 Å². The number of amides is 1. The minimum Gasteiger partial charge on any atom is -0.269 e. The van der Waals surface area contributed by atoms with Crippen molar-refractivity contribution < 1.29 is 4.79 Å². The van der Waals surface area contributed by atoms with Gasteiger partial charge in [-0.25, -0.2) is 0 Å². The highest BCUT2D eigenvalue weighted by Crippen LogP contribution is 2.13. The summed E-state index contributed by atoms with van der Waals surface area (Å²) < 4.78 is 0. The molecule has 0 fully saturated rings. The number of aryl methyl sites for hydroxylation is 1. The van der Waals surface area contributed by atoms with Crippen LogP contribution in [0.5, 0.6) is 0 Å². The van der Waals surface area contributed by atoms with Crippen LogP contribution in [0.25, 0.3) is 5.57 Å². The van der Waals surface area contributed by atoms with Gasteiger partial charge in [-0.05, 0) is 24.5 Å². The second-order valence-electron chi connectivity index (χ2n) is 3.46. The van der Waals surface area contributed by atoms with Crippen LogP contribution in [0, 0.1) is 4.91 Å². The molecule has 78 valence electrons. The van der Waals surface area contributed by atoms with E-state index in [1.807, 2.05) is 31.2 Å². The molecule has 0 aliphatic carbocycles. The first-order chi connectivity index (χ1) is 7.13. The van der Waals surface area contributed by atoms with E-state index < -0.39 is 5.91 Å². The van der Waals surface area contributed by atoms with Gasteiger partial charge in [0.25, 0.3) is 5.91 Å². The number of rotatable bonds is 4. The molecule has 1 rings (SSSR count). The minimum atomic E-state index is -0.598. The average molecular weight is 203 g/mol. The van der Waals surface area contributed by atoms with Gasteiger partial charge in [0, 0.05) is 11.6 Å². The highest BCUT2D eigenvalue weighted by atomic mass is 16.3. The molecule has 0 aromatic heterocycles. The van der Waals surface area contributed by atoms with Crippen molar-refractivity contribution in [2.24, 2.45) is 5.18 Å². The maximum Gasteiger partial charge on any atom is 0.286 e. The van der Waals surface area contributed by atoms with Gasteiger partial charge in [0.05, 0.1) is 0 Å². The van der Waals surface area contributed by atoms with Crippen molar-refractivity contribution >= 4 is 11.5 Å². The standard InChI is InChI=1S/C12H13NO2/c1-9(2)11-6-3-10(4-7-11)5-8-12(14)13-15/h3-4,6-7H,1,5,8H2,2H3. The van der Waals surface area contributed by atoms with Crippen LogP contribution >= 0.6 is 0 Å². The largest absolute Gasteiger partial charge is 0.286 e. The molecule has 3 nitrogen and oxygen atoms in total. The fourth-order valence-corrected chi connectivity index (χ4v) is 1.25. The van der Waals surface area contributed by atoms with Gasteiger partial charge in [0.1, 0.15) is 0 Å². The van der Waals surface area contributed by atoms with E-state index in [1.54, 1.807) is 0 Å². The van der Waals surface area contributed by atoms with Gasteiger partial charge < -0.3 is 0 Å². The molecule has 0 spiro atoms. The molecule has 0 heterocycles. The molecule has 0 bridgehead atoms. The molecule has 0 saturated heterocycles. The van der Waals surface area contributed by atoms with Gasteiger partial charge in [-0.15, -0.1) is 4.91 Å². The molecule has 15 heavy (non-hydrogen) atoms. The van der Waals surface area contributed by atoms with E-state index in [1.165, 1.54) is 0 Å².